The summed E-state index contributed by atoms with van der Waals surface area (Å²) < 4.78 is 17.2. The number of hydrogen-bond acceptors (Lipinski definition) is 4. The SMILES string of the molecule is COCCOc1cc(C(=O)NC2CCCc3ccccc32)cc2oc(Br)cc12. The van der Waals surface area contributed by atoms with Gasteiger partial charge < -0.3 is 19.2 Å². The maximum absolute atomic E-state index is 13.0. The molecule has 1 aliphatic rings. The third kappa shape index (κ3) is 3.93. The second-order valence-electron chi connectivity index (χ2n) is 6.90. The molecule has 28 heavy (non-hydrogen) atoms. The van der Waals surface area contributed by atoms with Crippen molar-refractivity contribution >= 4 is 32.8 Å². The predicted octanol–water partition coefficient (Wildman–Crippen LogP) is 5.03. The minimum absolute atomic E-state index is 0.0225. The van der Waals surface area contributed by atoms with E-state index in [1.807, 2.05) is 12.1 Å². The zero-order valence-corrected chi connectivity index (χ0v) is 17.3. The van der Waals surface area contributed by atoms with E-state index >= 15 is 0 Å². The van der Waals surface area contributed by atoms with Crippen LogP contribution in [-0.4, -0.2) is 26.2 Å². The van der Waals surface area contributed by atoms with Crippen LogP contribution in [0, 0.1) is 0 Å². The molecule has 0 radical (unpaired) electrons. The van der Waals surface area contributed by atoms with Gasteiger partial charge in [0.2, 0.25) is 0 Å². The van der Waals surface area contributed by atoms with Crippen molar-refractivity contribution in [2.24, 2.45) is 0 Å². The number of amides is 1. The third-order valence-corrected chi connectivity index (χ3v) is 5.44. The molecule has 1 amide bonds. The van der Waals surface area contributed by atoms with Gasteiger partial charge in [0.05, 0.1) is 18.0 Å². The number of carbonyl (C=O) groups excluding carboxylic acids is 1. The van der Waals surface area contributed by atoms with Gasteiger partial charge in [0.15, 0.2) is 4.67 Å². The lowest BCUT2D eigenvalue weighted by atomic mass is 9.87. The Morgan fingerprint density at radius 2 is 2.11 bits per heavy atom. The molecule has 1 heterocycles. The lowest BCUT2D eigenvalue weighted by Crippen LogP contribution is -2.31. The predicted molar refractivity (Wildman–Crippen MR) is 111 cm³/mol. The summed E-state index contributed by atoms with van der Waals surface area (Å²) in [6.45, 7) is 0.866. The highest BCUT2D eigenvalue weighted by Gasteiger charge is 2.23. The van der Waals surface area contributed by atoms with E-state index in [0.29, 0.717) is 34.8 Å². The van der Waals surface area contributed by atoms with Gasteiger partial charge in [-0.2, -0.15) is 0 Å². The first-order valence-electron chi connectivity index (χ1n) is 9.39. The highest BCUT2D eigenvalue weighted by Crippen LogP contribution is 2.34. The van der Waals surface area contributed by atoms with Crippen molar-refractivity contribution in [1.82, 2.24) is 5.32 Å². The zero-order valence-electron chi connectivity index (χ0n) is 15.7. The van der Waals surface area contributed by atoms with Crippen molar-refractivity contribution in [3.05, 3.63) is 63.8 Å². The van der Waals surface area contributed by atoms with Crippen molar-refractivity contribution in [3.63, 3.8) is 0 Å². The summed E-state index contributed by atoms with van der Waals surface area (Å²) in [6.07, 6.45) is 3.07. The maximum atomic E-state index is 13.0. The Balaban J connectivity index is 1.61. The first-order valence-corrected chi connectivity index (χ1v) is 10.2. The van der Waals surface area contributed by atoms with Crippen molar-refractivity contribution in [2.45, 2.75) is 25.3 Å². The van der Waals surface area contributed by atoms with Crippen LogP contribution in [0.2, 0.25) is 0 Å². The molecule has 3 aromatic rings. The highest BCUT2D eigenvalue weighted by molar-refractivity contribution is 9.10. The molecule has 1 aromatic heterocycles. The smallest absolute Gasteiger partial charge is 0.252 e. The molecule has 0 spiro atoms. The van der Waals surface area contributed by atoms with Gasteiger partial charge in [-0.15, -0.1) is 0 Å². The molecule has 4 rings (SSSR count). The fraction of sp³-hybridized carbons (Fsp3) is 0.318. The van der Waals surface area contributed by atoms with E-state index in [2.05, 4.69) is 39.4 Å². The minimum Gasteiger partial charge on any atom is -0.490 e. The minimum atomic E-state index is -0.132. The van der Waals surface area contributed by atoms with Gasteiger partial charge in [0, 0.05) is 18.7 Å². The highest BCUT2D eigenvalue weighted by atomic mass is 79.9. The zero-order chi connectivity index (χ0) is 19.5. The molecule has 0 aliphatic heterocycles. The molecule has 6 heteroatoms. The Hall–Kier alpha value is -2.31. The van der Waals surface area contributed by atoms with Gasteiger partial charge in [-0.3, -0.25) is 4.79 Å². The first kappa shape index (κ1) is 19.0. The van der Waals surface area contributed by atoms with Crippen molar-refractivity contribution in [1.29, 1.82) is 0 Å². The normalized spacial score (nSPS) is 16.0. The van der Waals surface area contributed by atoms with Crippen LogP contribution in [0.5, 0.6) is 5.75 Å². The summed E-state index contributed by atoms with van der Waals surface area (Å²) in [5.74, 6) is 0.478. The van der Waals surface area contributed by atoms with E-state index in [0.717, 1.165) is 24.6 Å². The van der Waals surface area contributed by atoms with E-state index in [9.17, 15) is 4.79 Å². The van der Waals surface area contributed by atoms with Gasteiger partial charge in [-0.05, 0) is 58.5 Å². The third-order valence-electron chi connectivity index (χ3n) is 5.05. The molecule has 2 aromatic carbocycles. The Bertz CT molecular complexity index is 997. The van der Waals surface area contributed by atoms with E-state index in [4.69, 9.17) is 13.9 Å². The van der Waals surface area contributed by atoms with Crippen LogP contribution < -0.4 is 10.1 Å². The lowest BCUT2D eigenvalue weighted by Gasteiger charge is -2.26. The van der Waals surface area contributed by atoms with Crippen molar-refractivity contribution < 1.29 is 18.7 Å². The van der Waals surface area contributed by atoms with Crippen molar-refractivity contribution in [2.75, 3.05) is 20.3 Å². The quantitative estimate of drug-likeness (QED) is 0.542. The van der Waals surface area contributed by atoms with Gasteiger partial charge in [0.25, 0.3) is 5.91 Å². The molecule has 5 nitrogen and oxygen atoms in total. The Morgan fingerprint density at radius 3 is 2.96 bits per heavy atom. The largest absolute Gasteiger partial charge is 0.490 e. The molecule has 0 bridgehead atoms. The van der Waals surface area contributed by atoms with Crippen LogP contribution in [0.25, 0.3) is 11.0 Å². The molecular formula is C22H22BrNO4. The van der Waals surface area contributed by atoms with E-state index in [-0.39, 0.29) is 11.9 Å². The van der Waals surface area contributed by atoms with Crippen LogP contribution >= 0.6 is 15.9 Å². The molecule has 1 unspecified atom stereocenters. The maximum Gasteiger partial charge on any atom is 0.252 e. The fourth-order valence-electron chi connectivity index (χ4n) is 3.71. The number of benzene rings is 2. The summed E-state index contributed by atoms with van der Waals surface area (Å²) in [4.78, 5) is 13.0. The van der Waals surface area contributed by atoms with Gasteiger partial charge in [0.1, 0.15) is 17.9 Å². The second-order valence-corrected chi connectivity index (χ2v) is 7.68. The molecule has 1 atom stereocenters. The molecular weight excluding hydrogens is 422 g/mol. The van der Waals surface area contributed by atoms with Crippen molar-refractivity contribution in [3.8, 4) is 5.75 Å². The monoisotopic (exact) mass is 443 g/mol. The summed E-state index contributed by atoms with van der Waals surface area (Å²) >= 11 is 3.35. The second kappa shape index (κ2) is 8.37. The molecule has 1 N–H and O–H groups in total. The molecule has 1 aliphatic carbocycles. The van der Waals surface area contributed by atoms with Crippen LogP contribution in [0.3, 0.4) is 0 Å². The number of ether oxygens (including phenoxy) is 2. The Labute approximate surface area is 172 Å². The van der Waals surface area contributed by atoms with Crippen LogP contribution in [0.15, 0.2) is 51.6 Å². The van der Waals surface area contributed by atoms with Crippen LogP contribution in [0.4, 0.5) is 0 Å². The fourth-order valence-corrected chi connectivity index (χ4v) is 4.11. The number of rotatable bonds is 6. The number of halogens is 1. The molecule has 0 fully saturated rings. The van der Waals surface area contributed by atoms with Gasteiger partial charge >= 0.3 is 0 Å². The summed E-state index contributed by atoms with van der Waals surface area (Å²) in [5.41, 5.74) is 3.65. The average Bonchev–Trinajstić information content (AvgIpc) is 3.08. The Kier molecular flexibility index (Phi) is 5.69. The first-order chi connectivity index (χ1) is 13.7. The topological polar surface area (TPSA) is 60.7 Å². The number of methoxy groups -OCH3 is 1. The summed E-state index contributed by atoms with van der Waals surface area (Å²) in [7, 11) is 1.62. The van der Waals surface area contributed by atoms with E-state index < -0.39 is 0 Å². The molecule has 0 saturated carbocycles. The van der Waals surface area contributed by atoms with E-state index in [1.165, 1.54) is 11.1 Å². The number of carbonyl (C=O) groups is 1. The van der Waals surface area contributed by atoms with E-state index in [1.54, 1.807) is 19.2 Å². The van der Waals surface area contributed by atoms with Crippen LogP contribution in [-0.2, 0) is 11.2 Å². The average molecular weight is 444 g/mol. The number of fused-ring (bicyclic) bond motifs is 2. The summed E-state index contributed by atoms with van der Waals surface area (Å²) in [6, 6.07) is 13.7. The standard InChI is InChI=1S/C22H22BrNO4/c1-26-9-10-27-19-11-15(12-20-17(19)13-21(23)28-20)22(25)24-18-8-4-6-14-5-2-3-7-16(14)18/h2-3,5,7,11-13,18H,4,6,8-10H2,1H3,(H,24,25). The molecule has 0 saturated heterocycles. The van der Waals surface area contributed by atoms with Crippen LogP contribution in [0.1, 0.15) is 40.4 Å². The number of aryl methyl sites for hydroxylation is 1. The number of nitrogens with one attached hydrogen (secondary N) is 1. The van der Waals surface area contributed by atoms with Gasteiger partial charge in [-0.25, -0.2) is 0 Å². The lowest BCUT2D eigenvalue weighted by molar-refractivity contribution is 0.0932. The van der Waals surface area contributed by atoms with Gasteiger partial charge in [-0.1, -0.05) is 24.3 Å². The number of hydrogen-bond donors (Lipinski definition) is 1. The molecule has 146 valence electrons. The number of furan rings is 1. The Morgan fingerprint density at radius 1 is 1.25 bits per heavy atom. The summed E-state index contributed by atoms with van der Waals surface area (Å²) in [5, 5.41) is 4.01.